The fraction of sp³-hybridized carbons (Fsp3) is 0.263. The quantitative estimate of drug-likeness (QED) is 0.723. The SMILES string of the molecule is O=C(c1cccnc1)N1CCCC(c2nnc(-c3ccccc3F)o2)C1. The third-order valence-electron chi connectivity index (χ3n) is 4.51. The zero-order valence-corrected chi connectivity index (χ0v) is 14.0. The third-order valence-corrected chi connectivity index (χ3v) is 4.51. The minimum Gasteiger partial charge on any atom is -0.420 e. The number of carbonyl (C=O) groups is 1. The van der Waals surface area contributed by atoms with Gasteiger partial charge >= 0.3 is 0 Å². The fourth-order valence-corrected chi connectivity index (χ4v) is 3.18. The Morgan fingerprint density at radius 1 is 1.19 bits per heavy atom. The topological polar surface area (TPSA) is 72.1 Å². The first-order valence-corrected chi connectivity index (χ1v) is 8.50. The maximum Gasteiger partial charge on any atom is 0.255 e. The first-order valence-electron chi connectivity index (χ1n) is 8.50. The Labute approximate surface area is 149 Å². The van der Waals surface area contributed by atoms with E-state index in [1.165, 1.54) is 6.07 Å². The van der Waals surface area contributed by atoms with Gasteiger partial charge in [0.05, 0.1) is 17.0 Å². The molecule has 3 aromatic rings. The van der Waals surface area contributed by atoms with Crippen molar-refractivity contribution in [3.63, 3.8) is 0 Å². The standard InChI is InChI=1S/C19H17FN4O2/c20-16-8-2-1-7-15(16)18-23-22-17(26-18)14-6-4-10-24(12-14)19(25)13-5-3-9-21-11-13/h1-3,5,7-9,11,14H,4,6,10,12H2. The van der Waals surface area contributed by atoms with Gasteiger partial charge in [-0.25, -0.2) is 4.39 Å². The molecule has 6 nitrogen and oxygen atoms in total. The van der Waals surface area contributed by atoms with Gasteiger partial charge in [0.25, 0.3) is 11.8 Å². The lowest BCUT2D eigenvalue weighted by Crippen LogP contribution is -2.39. The molecule has 1 unspecified atom stereocenters. The number of hydrogen-bond donors (Lipinski definition) is 0. The number of aromatic nitrogens is 3. The molecular formula is C19H17FN4O2. The van der Waals surface area contributed by atoms with E-state index in [0.717, 1.165) is 12.8 Å². The van der Waals surface area contributed by atoms with Crippen LogP contribution in [0.5, 0.6) is 0 Å². The largest absolute Gasteiger partial charge is 0.420 e. The number of nitrogens with zero attached hydrogens (tertiary/aromatic N) is 4. The second-order valence-corrected chi connectivity index (χ2v) is 6.26. The minimum atomic E-state index is -0.403. The van der Waals surface area contributed by atoms with Gasteiger partial charge in [-0.1, -0.05) is 12.1 Å². The lowest BCUT2D eigenvalue weighted by molar-refractivity contribution is 0.0698. The van der Waals surface area contributed by atoms with Crippen molar-refractivity contribution in [1.82, 2.24) is 20.1 Å². The van der Waals surface area contributed by atoms with Crippen LogP contribution in [-0.2, 0) is 0 Å². The highest BCUT2D eigenvalue weighted by molar-refractivity contribution is 5.93. The molecule has 0 bridgehead atoms. The molecule has 1 saturated heterocycles. The van der Waals surface area contributed by atoms with Crippen LogP contribution in [-0.4, -0.2) is 39.1 Å². The van der Waals surface area contributed by atoms with Crippen molar-refractivity contribution >= 4 is 5.91 Å². The molecule has 4 rings (SSSR count). The molecule has 1 atom stereocenters. The summed E-state index contributed by atoms with van der Waals surface area (Å²) in [5, 5.41) is 8.07. The van der Waals surface area contributed by atoms with E-state index in [-0.39, 0.29) is 23.3 Å². The highest BCUT2D eigenvalue weighted by Gasteiger charge is 2.29. The van der Waals surface area contributed by atoms with Crippen molar-refractivity contribution in [3.8, 4) is 11.5 Å². The molecule has 1 aromatic carbocycles. The maximum atomic E-state index is 13.9. The van der Waals surface area contributed by atoms with Gasteiger partial charge in [-0.2, -0.15) is 0 Å². The van der Waals surface area contributed by atoms with Gasteiger partial charge in [-0.3, -0.25) is 9.78 Å². The predicted molar refractivity (Wildman–Crippen MR) is 91.8 cm³/mol. The molecule has 0 radical (unpaired) electrons. The Bertz CT molecular complexity index is 913. The van der Waals surface area contributed by atoms with Crippen LogP contribution in [0.15, 0.2) is 53.2 Å². The van der Waals surface area contributed by atoms with Crippen LogP contribution in [0.3, 0.4) is 0 Å². The van der Waals surface area contributed by atoms with E-state index in [1.54, 1.807) is 47.6 Å². The summed E-state index contributed by atoms with van der Waals surface area (Å²) in [5.74, 6) is 0.0783. The van der Waals surface area contributed by atoms with E-state index in [4.69, 9.17) is 4.42 Å². The van der Waals surface area contributed by atoms with Crippen molar-refractivity contribution in [2.24, 2.45) is 0 Å². The van der Waals surface area contributed by atoms with E-state index in [0.29, 0.717) is 24.5 Å². The van der Waals surface area contributed by atoms with Gasteiger partial charge in [-0.15, -0.1) is 10.2 Å². The van der Waals surface area contributed by atoms with E-state index in [1.807, 2.05) is 0 Å². The number of rotatable bonds is 3. The predicted octanol–water partition coefficient (Wildman–Crippen LogP) is 3.29. The average Bonchev–Trinajstić information content (AvgIpc) is 3.18. The van der Waals surface area contributed by atoms with E-state index >= 15 is 0 Å². The first kappa shape index (κ1) is 16.4. The maximum absolute atomic E-state index is 13.9. The highest BCUT2D eigenvalue weighted by atomic mass is 19.1. The number of likely N-dealkylation sites (tertiary alicyclic amines) is 1. The fourth-order valence-electron chi connectivity index (χ4n) is 3.18. The summed E-state index contributed by atoms with van der Waals surface area (Å²) in [7, 11) is 0. The Morgan fingerprint density at radius 2 is 2.08 bits per heavy atom. The van der Waals surface area contributed by atoms with Crippen LogP contribution in [0.1, 0.15) is 35.0 Å². The number of hydrogen-bond acceptors (Lipinski definition) is 5. The van der Waals surface area contributed by atoms with Crippen LogP contribution in [0.4, 0.5) is 4.39 Å². The van der Waals surface area contributed by atoms with Crippen molar-refractivity contribution < 1.29 is 13.6 Å². The van der Waals surface area contributed by atoms with Crippen LogP contribution in [0.25, 0.3) is 11.5 Å². The lowest BCUT2D eigenvalue weighted by atomic mass is 9.97. The van der Waals surface area contributed by atoms with Gasteiger partial charge in [0.2, 0.25) is 5.89 Å². The summed E-state index contributed by atoms with van der Waals surface area (Å²) in [6, 6.07) is 9.78. The molecule has 26 heavy (non-hydrogen) atoms. The molecule has 1 amide bonds. The molecule has 0 N–H and O–H groups in total. The minimum absolute atomic E-state index is 0.0580. The summed E-state index contributed by atoms with van der Waals surface area (Å²) in [4.78, 5) is 18.4. The number of carbonyl (C=O) groups excluding carboxylic acids is 1. The molecule has 2 aromatic heterocycles. The van der Waals surface area contributed by atoms with Crippen molar-refractivity contribution in [2.45, 2.75) is 18.8 Å². The summed E-state index contributed by atoms with van der Waals surface area (Å²) in [6.45, 7) is 1.17. The smallest absolute Gasteiger partial charge is 0.255 e. The van der Waals surface area contributed by atoms with Crippen LogP contribution in [0, 0.1) is 5.82 Å². The number of amides is 1. The molecule has 0 spiro atoms. The van der Waals surface area contributed by atoms with Crippen molar-refractivity contribution in [2.75, 3.05) is 13.1 Å². The normalized spacial score (nSPS) is 17.3. The van der Waals surface area contributed by atoms with Crippen molar-refractivity contribution in [1.29, 1.82) is 0 Å². The summed E-state index contributed by atoms with van der Waals surface area (Å²) in [5.41, 5.74) is 0.844. The number of pyridine rings is 1. The molecule has 7 heteroatoms. The molecule has 0 aliphatic carbocycles. The monoisotopic (exact) mass is 352 g/mol. The Morgan fingerprint density at radius 3 is 2.88 bits per heavy atom. The number of halogens is 1. The summed E-state index contributed by atoms with van der Waals surface area (Å²) >= 11 is 0. The zero-order valence-electron chi connectivity index (χ0n) is 14.0. The van der Waals surface area contributed by atoms with Gasteiger partial charge in [-0.05, 0) is 37.1 Å². The Kier molecular flexibility index (Phi) is 4.43. The molecule has 132 valence electrons. The second-order valence-electron chi connectivity index (χ2n) is 6.26. The van der Waals surface area contributed by atoms with Gasteiger partial charge in [0.1, 0.15) is 5.82 Å². The number of piperidine rings is 1. The molecule has 1 aliphatic heterocycles. The highest BCUT2D eigenvalue weighted by Crippen LogP contribution is 2.29. The molecular weight excluding hydrogens is 335 g/mol. The summed E-state index contributed by atoms with van der Waals surface area (Å²) in [6.07, 6.45) is 4.89. The average molecular weight is 352 g/mol. The molecule has 1 fully saturated rings. The third kappa shape index (κ3) is 3.20. The number of benzene rings is 1. The van der Waals surface area contributed by atoms with Crippen LogP contribution >= 0.6 is 0 Å². The second kappa shape index (κ2) is 7.03. The van der Waals surface area contributed by atoms with Crippen LogP contribution in [0.2, 0.25) is 0 Å². The van der Waals surface area contributed by atoms with Gasteiger partial charge < -0.3 is 9.32 Å². The lowest BCUT2D eigenvalue weighted by Gasteiger charge is -2.31. The molecule has 0 saturated carbocycles. The van der Waals surface area contributed by atoms with E-state index < -0.39 is 5.82 Å². The van der Waals surface area contributed by atoms with E-state index in [2.05, 4.69) is 15.2 Å². The summed E-state index contributed by atoms with van der Waals surface area (Å²) < 4.78 is 19.6. The molecule has 1 aliphatic rings. The Balaban J connectivity index is 1.52. The zero-order chi connectivity index (χ0) is 17.9. The first-order chi connectivity index (χ1) is 12.7. The van der Waals surface area contributed by atoms with E-state index in [9.17, 15) is 9.18 Å². The van der Waals surface area contributed by atoms with Gasteiger partial charge in [0.15, 0.2) is 0 Å². The van der Waals surface area contributed by atoms with Gasteiger partial charge in [0, 0.05) is 25.5 Å². The van der Waals surface area contributed by atoms with Crippen molar-refractivity contribution in [3.05, 3.63) is 66.1 Å². The Hall–Kier alpha value is -3.09. The molecule has 3 heterocycles. The van der Waals surface area contributed by atoms with Crippen LogP contribution < -0.4 is 0 Å².